The fourth-order valence-corrected chi connectivity index (χ4v) is 4.51. The molecule has 0 aromatic heterocycles. The summed E-state index contributed by atoms with van der Waals surface area (Å²) in [5.41, 5.74) is 1.52. The number of hydrogen-bond donors (Lipinski definition) is 1. The highest BCUT2D eigenvalue weighted by molar-refractivity contribution is 9.10. The number of ether oxygens (including phenoxy) is 2. The summed E-state index contributed by atoms with van der Waals surface area (Å²) in [7, 11) is 0. The van der Waals surface area contributed by atoms with Crippen LogP contribution in [0.1, 0.15) is 5.56 Å². The SMILES string of the molecule is O=C1NC(=Nc2ccc(Cl)cc2)S/C1=C\c1ccc(OCC(=O)N2CCOCC2)c(Br)c1. The normalized spacial score (nSPS) is 18.8. The lowest BCUT2D eigenvalue weighted by molar-refractivity contribution is -0.137. The number of morpholine rings is 1. The van der Waals surface area contributed by atoms with Crippen LogP contribution in [0.3, 0.4) is 0 Å². The first-order valence-electron chi connectivity index (χ1n) is 9.81. The number of halogens is 2. The topological polar surface area (TPSA) is 80.2 Å². The molecule has 0 radical (unpaired) electrons. The second-order valence-corrected chi connectivity index (χ2v) is 9.25. The molecule has 10 heteroatoms. The van der Waals surface area contributed by atoms with Crippen LogP contribution >= 0.6 is 39.3 Å². The summed E-state index contributed by atoms with van der Waals surface area (Å²) >= 11 is 10.6. The van der Waals surface area contributed by atoms with E-state index >= 15 is 0 Å². The third-order valence-corrected chi connectivity index (χ3v) is 6.46. The number of thioether (sulfide) groups is 1. The van der Waals surface area contributed by atoms with E-state index in [4.69, 9.17) is 21.1 Å². The number of aliphatic imine (C=N–C) groups is 1. The zero-order valence-corrected chi connectivity index (χ0v) is 20.0. The Balaban J connectivity index is 1.39. The maximum Gasteiger partial charge on any atom is 0.264 e. The molecule has 2 fully saturated rings. The van der Waals surface area contributed by atoms with Gasteiger partial charge in [-0.25, -0.2) is 4.99 Å². The van der Waals surface area contributed by atoms with Gasteiger partial charge in [0.1, 0.15) is 5.75 Å². The molecule has 2 amide bonds. The van der Waals surface area contributed by atoms with E-state index in [2.05, 4.69) is 26.2 Å². The average molecular weight is 537 g/mol. The van der Waals surface area contributed by atoms with Gasteiger partial charge in [-0.05, 0) is 75.7 Å². The standard InChI is InChI=1S/C22H19BrClN3O4S/c23-17-11-14(1-6-18(17)31-13-20(28)27-7-9-30-10-8-27)12-19-21(29)26-22(32-19)25-16-4-2-15(24)3-5-16/h1-6,11-12H,7-10,13H2,(H,25,26,29)/b19-12-. The number of carbonyl (C=O) groups excluding carboxylic acids is 2. The number of rotatable bonds is 5. The fourth-order valence-electron chi connectivity index (χ4n) is 3.03. The van der Waals surface area contributed by atoms with Gasteiger partial charge in [0.2, 0.25) is 0 Å². The van der Waals surface area contributed by atoms with Crippen LogP contribution in [-0.4, -0.2) is 54.8 Å². The lowest BCUT2D eigenvalue weighted by Crippen LogP contribution is -2.43. The largest absolute Gasteiger partial charge is 0.483 e. The van der Waals surface area contributed by atoms with Crippen molar-refractivity contribution in [1.29, 1.82) is 0 Å². The van der Waals surface area contributed by atoms with Crippen molar-refractivity contribution in [3.05, 3.63) is 62.4 Å². The maximum absolute atomic E-state index is 12.3. The van der Waals surface area contributed by atoms with Gasteiger partial charge in [-0.1, -0.05) is 17.7 Å². The third-order valence-electron chi connectivity index (χ3n) is 4.68. The van der Waals surface area contributed by atoms with E-state index in [1.807, 2.05) is 12.1 Å². The maximum atomic E-state index is 12.3. The van der Waals surface area contributed by atoms with Crippen molar-refractivity contribution < 1.29 is 19.1 Å². The quantitative estimate of drug-likeness (QED) is 0.579. The van der Waals surface area contributed by atoms with Crippen LogP contribution in [0.2, 0.25) is 5.02 Å². The van der Waals surface area contributed by atoms with Crippen LogP contribution in [-0.2, 0) is 14.3 Å². The number of amides is 2. The Kier molecular flexibility index (Phi) is 7.51. The molecule has 2 heterocycles. The Hall–Kier alpha value is -2.33. The monoisotopic (exact) mass is 535 g/mol. The summed E-state index contributed by atoms with van der Waals surface area (Å²) in [6.45, 7) is 2.23. The molecular weight excluding hydrogens is 518 g/mol. The molecule has 2 aliphatic heterocycles. The molecule has 0 saturated carbocycles. The summed E-state index contributed by atoms with van der Waals surface area (Å²) in [5, 5.41) is 3.89. The molecule has 4 rings (SSSR count). The predicted octanol–water partition coefficient (Wildman–Crippen LogP) is 4.23. The fraction of sp³-hybridized carbons (Fsp3) is 0.227. The smallest absolute Gasteiger partial charge is 0.264 e. The molecule has 2 aromatic carbocycles. The van der Waals surface area contributed by atoms with E-state index < -0.39 is 0 Å². The van der Waals surface area contributed by atoms with Gasteiger partial charge in [0.15, 0.2) is 11.8 Å². The van der Waals surface area contributed by atoms with E-state index in [9.17, 15) is 9.59 Å². The summed E-state index contributed by atoms with van der Waals surface area (Å²) in [6, 6.07) is 12.5. The molecule has 1 N–H and O–H groups in total. The molecule has 0 atom stereocenters. The molecule has 7 nitrogen and oxygen atoms in total. The van der Waals surface area contributed by atoms with Crippen molar-refractivity contribution in [2.45, 2.75) is 0 Å². The predicted molar refractivity (Wildman–Crippen MR) is 129 cm³/mol. The Bertz CT molecular complexity index is 1090. The highest BCUT2D eigenvalue weighted by atomic mass is 79.9. The summed E-state index contributed by atoms with van der Waals surface area (Å²) in [4.78, 5) is 31.3. The Morgan fingerprint density at radius 2 is 2.00 bits per heavy atom. The first kappa shape index (κ1) is 22.8. The summed E-state index contributed by atoms with van der Waals surface area (Å²) in [5.74, 6) is 0.274. The van der Waals surface area contributed by atoms with Gasteiger partial charge in [-0.15, -0.1) is 0 Å². The second-order valence-electron chi connectivity index (χ2n) is 6.93. The Morgan fingerprint density at radius 1 is 1.25 bits per heavy atom. The molecule has 166 valence electrons. The number of carbonyl (C=O) groups is 2. The van der Waals surface area contributed by atoms with Crippen LogP contribution in [0.25, 0.3) is 6.08 Å². The van der Waals surface area contributed by atoms with Gasteiger partial charge in [0, 0.05) is 18.1 Å². The second kappa shape index (κ2) is 10.5. The van der Waals surface area contributed by atoms with Crippen molar-refractivity contribution in [1.82, 2.24) is 10.2 Å². The van der Waals surface area contributed by atoms with Crippen molar-refractivity contribution in [3.63, 3.8) is 0 Å². The molecule has 32 heavy (non-hydrogen) atoms. The number of nitrogens with one attached hydrogen (secondary N) is 1. The Labute approximate surface area is 202 Å². The minimum atomic E-state index is -0.213. The number of amidine groups is 1. The summed E-state index contributed by atoms with van der Waals surface area (Å²) < 4.78 is 11.6. The van der Waals surface area contributed by atoms with Gasteiger partial charge < -0.3 is 19.7 Å². The molecule has 0 aliphatic carbocycles. The van der Waals surface area contributed by atoms with Crippen LogP contribution in [0.5, 0.6) is 5.75 Å². The van der Waals surface area contributed by atoms with Crippen molar-refractivity contribution in [3.8, 4) is 5.75 Å². The van der Waals surface area contributed by atoms with E-state index in [0.717, 1.165) is 5.56 Å². The van der Waals surface area contributed by atoms with Gasteiger partial charge in [-0.3, -0.25) is 9.59 Å². The van der Waals surface area contributed by atoms with Crippen molar-refractivity contribution >= 4 is 68.0 Å². The van der Waals surface area contributed by atoms with Crippen LogP contribution in [0, 0.1) is 0 Å². The minimum absolute atomic E-state index is 0.0399. The van der Waals surface area contributed by atoms with Gasteiger partial charge >= 0.3 is 0 Å². The highest BCUT2D eigenvalue weighted by Gasteiger charge is 2.24. The lowest BCUT2D eigenvalue weighted by Gasteiger charge is -2.26. The molecule has 0 unspecified atom stereocenters. The molecule has 0 bridgehead atoms. The van der Waals surface area contributed by atoms with Crippen molar-refractivity contribution in [2.24, 2.45) is 4.99 Å². The van der Waals surface area contributed by atoms with Gasteiger partial charge in [0.25, 0.3) is 11.8 Å². The minimum Gasteiger partial charge on any atom is -0.483 e. The Morgan fingerprint density at radius 3 is 2.72 bits per heavy atom. The van der Waals surface area contributed by atoms with Crippen LogP contribution in [0.15, 0.2) is 56.8 Å². The summed E-state index contributed by atoms with van der Waals surface area (Å²) in [6.07, 6.45) is 1.78. The molecule has 2 saturated heterocycles. The number of nitrogens with zero attached hydrogens (tertiary/aromatic N) is 2. The molecule has 2 aromatic rings. The van der Waals surface area contributed by atoms with Gasteiger partial charge in [0.05, 0.1) is 28.3 Å². The highest BCUT2D eigenvalue weighted by Crippen LogP contribution is 2.31. The molecule has 2 aliphatic rings. The lowest BCUT2D eigenvalue weighted by atomic mass is 10.2. The van der Waals surface area contributed by atoms with E-state index in [1.165, 1.54) is 11.8 Å². The number of benzene rings is 2. The third kappa shape index (κ3) is 5.92. The van der Waals surface area contributed by atoms with Gasteiger partial charge in [-0.2, -0.15) is 0 Å². The van der Waals surface area contributed by atoms with Crippen molar-refractivity contribution in [2.75, 3.05) is 32.9 Å². The first-order chi connectivity index (χ1) is 15.5. The number of hydrogen-bond acceptors (Lipinski definition) is 6. The van der Waals surface area contributed by atoms with E-state index in [0.29, 0.717) is 57.3 Å². The first-order valence-corrected chi connectivity index (χ1v) is 11.8. The van der Waals surface area contributed by atoms with Crippen LogP contribution < -0.4 is 10.1 Å². The zero-order valence-electron chi connectivity index (χ0n) is 16.8. The average Bonchev–Trinajstić information content (AvgIpc) is 3.13. The molecule has 0 spiro atoms. The van der Waals surface area contributed by atoms with Crippen LogP contribution in [0.4, 0.5) is 5.69 Å². The molecular formula is C22H19BrClN3O4S. The zero-order chi connectivity index (χ0) is 22.5. The van der Waals surface area contributed by atoms with E-state index in [-0.39, 0.29) is 18.4 Å². The van der Waals surface area contributed by atoms with E-state index in [1.54, 1.807) is 41.3 Å².